The van der Waals surface area contributed by atoms with Gasteiger partial charge in [-0.3, -0.25) is 19.4 Å². The molecule has 2 amide bonds. The lowest BCUT2D eigenvalue weighted by molar-refractivity contribution is 0.0735. The van der Waals surface area contributed by atoms with Crippen LogP contribution in [0.3, 0.4) is 0 Å². The van der Waals surface area contributed by atoms with E-state index < -0.39 is 0 Å². The fourth-order valence-corrected chi connectivity index (χ4v) is 4.98. The zero-order chi connectivity index (χ0) is 25.5. The zero-order valence-corrected chi connectivity index (χ0v) is 21.1. The molecule has 2 N–H and O–H groups in total. The molecule has 1 aliphatic heterocycles. The van der Waals surface area contributed by atoms with E-state index in [9.17, 15) is 14.4 Å². The summed E-state index contributed by atoms with van der Waals surface area (Å²) in [5, 5.41) is 4.21. The monoisotopic (exact) mass is 553 g/mol. The normalized spacial score (nSPS) is 12.9. The highest BCUT2D eigenvalue weighted by molar-refractivity contribution is 9.10. The van der Waals surface area contributed by atoms with Gasteiger partial charge in [0, 0.05) is 46.0 Å². The van der Waals surface area contributed by atoms with E-state index in [1.165, 1.54) is 6.33 Å². The number of hydrogen-bond acceptors (Lipinski definition) is 5. The second-order valence-corrected chi connectivity index (χ2v) is 9.85. The second kappa shape index (κ2) is 9.25. The fourth-order valence-electron chi connectivity index (χ4n) is 4.63. The first-order valence-corrected chi connectivity index (χ1v) is 12.5. The van der Waals surface area contributed by atoms with Crippen molar-refractivity contribution in [1.29, 1.82) is 0 Å². The number of carbonyl (C=O) groups is 2. The number of anilines is 1. The minimum atomic E-state index is -0.294. The molecule has 0 aliphatic carbocycles. The zero-order valence-electron chi connectivity index (χ0n) is 19.5. The first-order chi connectivity index (χ1) is 17.9. The van der Waals surface area contributed by atoms with Crippen molar-refractivity contribution in [2.45, 2.75) is 13.0 Å². The number of rotatable bonds is 3. The molecular formula is C28H20BrN5O3. The summed E-state index contributed by atoms with van der Waals surface area (Å²) >= 11 is 3.42. The van der Waals surface area contributed by atoms with Gasteiger partial charge in [-0.05, 0) is 82.0 Å². The van der Waals surface area contributed by atoms with Gasteiger partial charge in [0.2, 0.25) is 0 Å². The smallest absolute Gasteiger partial charge is 0.258 e. The molecule has 0 unspecified atom stereocenters. The van der Waals surface area contributed by atoms with Crippen LogP contribution in [-0.4, -0.2) is 38.2 Å². The summed E-state index contributed by atoms with van der Waals surface area (Å²) in [6.45, 7) is 1.01. The van der Waals surface area contributed by atoms with E-state index in [1.807, 2.05) is 36.4 Å². The van der Waals surface area contributed by atoms with Crippen molar-refractivity contribution in [1.82, 2.24) is 19.9 Å². The summed E-state index contributed by atoms with van der Waals surface area (Å²) < 4.78 is 0.887. The molecule has 3 heterocycles. The van der Waals surface area contributed by atoms with Gasteiger partial charge >= 0.3 is 0 Å². The Kier molecular flexibility index (Phi) is 5.77. The average Bonchev–Trinajstić information content (AvgIpc) is 2.92. The van der Waals surface area contributed by atoms with Gasteiger partial charge in [0.25, 0.3) is 17.4 Å². The molecule has 0 atom stereocenters. The standard InChI is InChI=1S/C28H20BrN5O3/c29-21-10-17-2-4-19(11-25(17)30-13-21)28(37)34-8-7-16-1-3-18(9-20(16)14-34)26(35)33-22-5-6-24-23(12-22)27(36)32-15-31-24/h1-6,9-13,15H,7-8,14H2,(H,33,35)(H,31,32,36). The number of hydrogen-bond donors (Lipinski definition) is 2. The Morgan fingerprint density at radius 2 is 1.78 bits per heavy atom. The molecule has 2 aromatic heterocycles. The number of aromatic nitrogens is 3. The SMILES string of the molecule is O=C(Nc1ccc2nc[nH]c(=O)c2c1)c1ccc2c(c1)CN(C(=O)c1ccc3cc(Br)cnc3c1)CC2. The van der Waals surface area contributed by atoms with Crippen LogP contribution in [0.5, 0.6) is 0 Å². The average molecular weight is 554 g/mol. The number of aromatic amines is 1. The quantitative estimate of drug-likeness (QED) is 0.337. The van der Waals surface area contributed by atoms with Gasteiger partial charge in [-0.1, -0.05) is 12.1 Å². The van der Waals surface area contributed by atoms with Crippen molar-refractivity contribution in [3.05, 3.63) is 110 Å². The van der Waals surface area contributed by atoms with Gasteiger partial charge in [0.1, 0.15) is 0 Å². The highest BCUT2D eigenvalue weighted by Gasteiger charge is 2.23. The molecule has 182 valence electrons. The Hall–Kier alpha value is -4.37. The van der Waals surface area contributed by atoms with E-state index in [4.69, 9.17) is 0 Å². The van der Waals surface area contributed by atoms with E-state index >= 15 is 0 Å². The fraction of sp³-hybridized carbons (Fsp3) is 0.107. The maximum Gasteiger partial charge on any atom is 0.258 e. The molecule has 6 rings (SSSR count). The van der Waals surface area contributed by atoms with Gasteiger partial charge in [-0.15, -0.1) is 0 Å². The summed E-state index contributed by atoms with van der Waals surface area (Å²) in [5.41, 5.74) is 4.67. The lowest BCUT2D eigenvalue weighted by Crippen LogP contribution is -2.36. The van der Waals surface area contributed by atoms with Crippen LogP contribution in [0.2, 0.25) is 0 Å². The van der Waals surface area contributed by atoms with Crippen LogP contribution < -0.4 is 10.9 Å². The van der Waals surface area contributed by atoms with Crippen molar-refractivity contribution in [2.24, 2.45) is 0 Å². The third kappa shape index (κ3) is 4.49. The number of fused-ring (bicyclic) bond motifs is 3. The molecule has 0 saturated heterocycles. The van der Waals surface area contributed by atoms with Crippen molar-refractivity contribution in [3.8, 4) is 0 Å². The first kappa shape index (κ1) is 23.1. The summed E-state index contributed by atoms with van der Waals surface area (Å²) in [7, 11) is 0. The predicted molar refractivity (Wildman–Crippen MR) is 145 cm³/mol. The molecule has 3 aromatic carbocycles. The van der Waals surface area contributed by atoms with E-state index in [2.05, 4.69) is 36.2 Å². The van der Waals surface area contributed by atoms with Gasteiger partial charge in [-0.25, -0.2) is 4.98 Å². The molecule has 9 heteroatoms. The molecule has 0 radical (unpaired) electrons. The molecule has 0 fully saturated rings. The van der Waals surface area contributed by atoms with Crippen LogP contribution >= 0.6 is 15.9 Å². The molecule has 1 aliphatic rings. The molecule has 5 aromatic rings. The van der Waals surface area contributed by atoms with Gasteiger partial charge < -0.3 is 15.2 Å². The lowest BCUT2D eigenvalue weighted by atomic mass is 9.96. The van der Waals surface area contributed by atoms with Crippen LogP contribution in [0.25, 0.3) is 21.8 Å². The molecule has 37 heavy (non-hydrogen) atoms. The van der Waals surface area contributed by atoms with Crippen LogP contribution in [-0.2, 0) is 13.0 Å². The number of pyridine rings is 1. The Labute approximate surface area is 219 Å². The Bertz CT molecular complexity index is 1780. The number of carbonyl (C=O) groups excluding carboxylic acids is 2. The number of benzene rings is 3. The molecule has 0 bridgehead atoms. The summed E-state index contributed by atoms with van der Waals surface area (Å²) in [6.07, 6.45) is 3.77. The third-order valence-corrected chi connectivity index (χ3v) is 7.00. The molecule has 0 spiro atoms. The van der Waals surface area contributed by atoms with E-state index in [-0.39, 0.29) is 17.4 Å². The first-order valence-electron chi connectivity index (χ1n) is 11.7. The largest absolute Gasteiger partial charge is 0.334 e. The van der Waals surface area contributed by atoms with Crippen LogP contribution in [0, 0.1) is 0 Å². The van der Waals surface area contributed by atoms with Crippen molar-refractivity contribution in [2.75, 3.05) is 11.9 Å². The maximum atomic E-state index is 13.3. The summed E-state index contributed by atoms with van der Waals surface area (Å²) in [5.74, 6) is -0.361. The van der Waals surface area contributed by atoms with E-state index in [0.717, 1.165) is 26.5 Å². The minimum absolute atomic E-state index is 0.0675. The number of halogens is 1. The van der Waals surface area contributed by atoms with Crippen LogP contribution in [0.1, 0.15) is 31.8 Å². The number of H-pyrrole nitrogens is 1. The maximum absolute atomic E-state index is 13.3. The van der Waals surface area contributed by atoms with Crippen molar-refractivity contribution < 1.29 is 9.59 Å². The highest BCUT2D eigenvalue weighted by atomic mass is 79.9. The second-order valence-electron chi connectivity index (χ2n) is 8.94. The number of nitrogens with one attached hydrogen (secondary N) is 2. The number of amides is 2. The molecule has 8 nitrogen and oxygen atoms in total. The predicted octanol–water partition coefficient (Wildman–Crippen LogP) is 4.68. The third-order valence-electron chi connectivity index (χ3n) is 6.56. The minimum Gasteiger partial charge on any atom is -0.334 e. The van der Waals surface area contributed by atoms with Gasteiger partial charge in [0.05, 0.1) is 22.7 Å². The Morgan fingerprint density at radius 1 is 0.919 bits per heavy atom. The van der Waals surface area contributed by atoms with E-state index in [1.54, 1.807) is 35.4 Å². The summed E-state index contributed by atoms with van der Waals surface area (Å²) in [6, 6.07) is 18.1. The topological polar surface area (TPSA) is 108 Å². The van der Waals surface area contributed by atoms with Crippen molar-refractivity contribution >= 4 is 55.2 Å². The Balaban J connectivity index is 1.21. The summed E-state index contributed by atoms with van der Waals surface area (Å²) in [4.78, 5) is 51.2. The van der Waals surface area contributed by atoms with Crippen LogP contribution in [0.15, 0.2) is 82.5 Å². The van der Waals surface area contributed by atoms with Gasteiger partial charge in [-0.2, -0.15) is 0 Å². The van der Waals surface area contributed by atoms with Crippen molar-refractivity contribution in [3.63, 3.8) is 0 Å². The van der Waals surface area contributed by atoms with Gasteiger partial charge in [0.15, 0.2) is 0 Å². The lowest BCUT2D eigenvalue weighted by Gasteiger charge is -2.29. The Morgan fingerprint density at radius 3 is 2.68 bits per heavy atom. The molecular weight excluding hydrogens is 534 g/mol. The molecule has 0 saturated carbocycles. The van der Waals surface area contributed by atoms with Crippen LogP contribution in [0.4, 0.5) is 5.69 Å². The number of nitrogens with zero attached hydrogens (tertiary/aromatic N) is 3. The highest BCUT2D eigenvalue weighted by Crippen LogP contribution is 2.25. The van der Waals surface area contributed by atoms with E-state index in [0.29, 0.717) is 47.2 Å².